The highest BCUT2D eigenvalue weighted by Crippen LogP contribution is 2.45. The van der Waals surface area contributed by atoms with Gasteiger partial charge < -0.3 is 35.1 Å². The zero-order valence-corrected chi connectivity index (χ0v) is 28.5. The van der Waals surface area contributed by atoms with E-state index >= 15 is 0 Å². The Kier molecular flexibility index (Phi) is 11.7. The van der Waals surface area contributed by atoms with E-state index in [1.54, 1.807) is 27.2 Å². The molecule has 262 valence electrons. The number of rotatable bonds is 14. The van der Waals surface area contributed by atoms with Gasteiger partial charge in [-0.15, -0.1) is 0 Å². The van der Waals surface area contributed by atoms with Gasteiger partial charge in [0.2, 0.25) is 11.8 Å². The Hall–Kier alpha value is -3.94. The minimum atomic E-state index is -4.73. The molecule has 4 aromatic rings. The van der Waals surface area contributed by atoms with Gasteiger partial charge in [0.05, 0.1) is 37.1 Å². The van der Waals surface area contributed by atoms with Crippen LogP contribution in [0.1, 0.15) is 54.2 Å². The van der Waals surface area contributed by atoms with Crippen molar-refractivity contribution in [2.24, 2.45) is 0 Å². The molecule has 0 amide bonds. The van der Waals surface area contributed by atoms with E-state index < -0.39 is 35.9 Å². The van der Waals surface area contributed by atoms with Crippen molar-refractivity contribution in [1.82, 2.24) is 20.6 Å². The third kappa shape index (κ3) is 8.45. The fraction of sp³-hybridized carbons (Fsp3) is 0.389. The molecule has 9 nitrogen and oxygen atoms in total. The molecule has 1 aliphatic rings. The number of halogens is 4. The van der Waals surface area contributed by atoms with Gasteiger partial charge in [-0.1, -0.05) is 41.9 Å². The van der Waals surface area contributed by atoms with E-state index in [4.69, 9.17) is 25.8 Å². The van der Waals surface area contributed by atoms with Gasteiger partial charge >= 0.3 is 6.18 Å². The number of hydrogen-bond acceptors (Lipinski definition) is 9. The summed E-state index contributed by atoms with van der Waals surface area (Å²) in [6.45, 7) is 4.44. The average molecular weight is 701 g/mol. The second kappa shape index (κ2) is 15.7. The normalized spacial score (nSPS) is 15.5. The lowest BCUT2D eigenvalue weighted by molar-refractivity contribution is -0.139. The largest absolute Gasteiger partial charge is 0.496 e. The lowest BCUT2D eigenvalue weighted by Crippen LogP contribution is -2.24. The van der Waals surface area contributed by atoms with Crippen molar-refractivity contribution in [2.75, 3.05) is 27.3 Å². The molecule has 2 heterocycles. The van der Waals surface area contributed by atoms with Gasteiger partial charge in [-0.2, -0.15) is 18.2 Å². The van der Waals surface area contributed by atoms with Crippen LogP contribution in [-0.4, -0.2) is 59.7 Å². The zero-order chi connectivity index (χ0) is 35.3. The van der Waals surface area contributed by atoms with Gasteiger partial charge in [-0.05, 0) is 61.6 Å². The third-order valence-corrected chi connectivity index (χ3v) is 8.63. The second-order valence-electron chi connectivity index (χ2n) is 12.0. The summed E-state index contributed by atoms with van der Waals surface area (Å²) >= 11 is 7.03. The van der Waals surface area contributed by atoms with Crippen LogP contribution in [-0.2, 0) is 25.7 Å². The van der Waals surface area contributed by atoms with Crippen LogP contribution in [0.2, 0.25) is 5.02 Å². The minimum absolute atomic E-state index is 0.00449. The van der Waals surface area contributed by atoms with E-state index in [9.17, 15) is 23.4 Å². The van der Waals surface area contributed by atoms with E-state index in [1.165, 1.54) is 7.11 Å². The highest BCUT2D eigenvalue weighted by molar-refractivity contribution is 6.35. The minimum Gasteiger partial charge on any atom is -0.496 e. The fourth-order valence-electron chi connectivity index (χ4n) is 5.97. The summed E-state index contributed by atoms with van der Waals surface area (Å²) < 4.78 is 59.9. The van der Waals surface area contributed by atoms with Gasteiger partial charge in [0, 0.05) is 54.6 Å². The van der Waals surface area contributed by atoms with E-state index in [1.807, 2.05) is 42.5 Å². The smallest absolute Gasteiger partial charge is 0.421 e. The first kappa shape index (κ1) is 36.3. The summed E-state index contributed by atoms with van der Waals surface area (Å²) in [5, 5.41) is 25.6. The van der Waals surface area contributed by atoms with E-state index in [2.05, 4.69) is 20.6 Å². The number of alkyl halides is 3. The van der Waals surface area contributed by atoms with Crippen LogP contribution >= 0.6 is 11.6 Å². The molecule has 0 radical (unpaired) electrons. The molecular formula is C36H40ClF3N4O5. The van der Waals surface area contributed by atoms with Crippen LogP contribution in [0, 0.1) is 0 Å². The number of aromatic nitrogens is 2. The van der Waals surface area contributed by atoms with Crippen LogP contribution in [0.5, 0.6) is 17.5 Å². The molecule has 4 N–H and O–H groups in total. The first-order valence-corrected chi connectivity index (χ1v) is 16.3. The number of nitrogens with one attached hydrogen (secondary N) is 2. The molecule has 2 unspecified atom stereocenters. The number of nitrogens with zero attached hydrogens (tertiary/aromatic N) is 2. The Balaban J connectivity index is 1.45. The van der Waals surface area contributed by atoms with Gasteiger partial charge in [0.15, 0.2) is 0 Å². The van der Waals surface area contributed by atoms with E-state index in [-0.39, 0.29) is 24.5 Å². The Morgan fingerprint density at radius 2 is 1.63 bits per heavy atom. The molecule has 0 fully saturated rings. The number of aliphatic hydroxyl groups excluding tert-OH is 2. The standard InChI is InChI=1S/C36H40ClF3N4O5/c1-20(45)16-41-18-23-9-8-22(15-31(23)47-3)33-32(37)28(12-13-43-33)25-6-5-7-27-26(25)10-11-30(27)49-35-29(36(38,39)40)14-24(34(44-35)48-4)19-42-17-21(2)46/h5-9,12-15,20-21,30,41-42,45-46H,10-11,16-19H2,1-4H3/t20?,21?,30-/m1/s1. The van der Waals surface area contributed by atoms with Crippen LogP contribution in [0.15, 0.2) is 54.7 Å². The third-order valence-electron chi connectivity index (χ3n) is 8.25. The molecule has 2 aromatic carbocycles. The number of pyridine rings is 2. The molecule has 2 aromatic heterocycles. The Morgan fingerprint density at radius 3 is 2.29 bits per heavy atom. The summed E-state index contributed by atoms with van der Waals surface area (Å²) in [5.41, 5.74) is 4.64. The highest BCUT2D eigenvalue weighted by Gasteiger charge is 2.38. The number of benzene rings is 2. The summed E-state index contributed by atoms with van der Waals surface area (Å²) in [5.74, 6) is 0.0893. The average Bonchev–Trinajstić information content (AvgIpc) is 3.47. The van der Waals surface area contributed by atoms with Gasteiger partial charge in [-0.25, -0.2) is 0 Å². The monoisotopic (exact) mass is 700 g/mol. The maximum absolute atomic E-state index is 14.3. The Bertz CT molecular complexity index is 1770. The Morgan fingerprint density at radius 1 is 0.918 bits per heavy atom. The van der Waals surface area contributed by atoms with E-state index in [0.717, 1.165) is 39.4 Å². The van der Waals surface area contributed by atoms with Crippen molar-refractivity contribution in [3.05, 3.63) is 87.6 Å². The number of methoxy groups -OCH3 is 2. The highest BCUT2D eigenvalue weighted by atomic mass is 35.5. The summed E-state index contributed by atoms with van der Waals surface area (Å²) in [4.78, 5) is 8.72. The molecule has 0 saturated heterocycles. The van der Waals surface area contributed by atoms with Gasteiger partial charge in [-0.3, -0.25) is 4.98 Å². The van der Waals surface area contributed by atoms with Gasteiger partial charge in [0.1, 0.15) is 17.4 Å². The molecule has 0 aliphatic heterocycles. The molecule has 3 atom stereocenters. The van der Waals surface area contributed by atoms with Crippen LogP contribution in [0.4, 0.5) is 13.2 Å². The molecule has 0 saturated carbocycles. The molecule has 13 heteroatoms. The first-order valence-electron chi connectivity index (χ1n) is 15.9. The maximum atomic E-state index is 14.3. The number of ether oxygens (including phenoxy) is 3. The molecule has 1 aliphatic carbocycles. The number of aliphatic hydroxyl groups is 2. The van der Waals surface area contributed by atoms with Crippen molar-refractivity contribution in [3.63, 3.8) is 0 Å². The molecule has 0 spiro atoms. The van der Waals surface area contributed by atoms with Crippen molar-refractivity contribution < 1.29 is 37.6 Å². The quantitative estimate of drug-likeness (QED) is 0.117. The van der Waals surface area contributed by atoms with E-state index in [0.29, 0.717) is 42.4 Å². The predicted octanol–water partition coefficient (Wildman–Crippen LogP) is 6.51. The topological polar surface area (TPSA) is 118 Å². The fourth-order valence-corrected chi connectivity index (χ4v) is 6.29. The summed E-state index contributed by atoms with van der Waals surface area (Å²) in [7, 11) is 2.92. The molecule has 49 heavy (non-hydrogen) atoms. The van der Waals surface area contributed by atoms with Crippen molar-refractivity contribution in [1.29, 1.82) is 0 Å². The van der Waals surface area contributed by atoms with Crippen molar-refractivity contribution in [3.8, 4) is 39.9 Å². The maximum Gasteiger partial charge on any atom is 0.421 e. The second-order valence-corrected chi connectivity index (χ2v) is 12.4. The predicted molar refractivity (Wildman–Crippen MR) is 181 cm³/mol. The molecular weight excluding hydrogens is 661 g/mol. The van der Waals surface area contributed by atoms with Crippen LogP contribution in [0.3, 0.4) is 0 Å². The Labute approximate surface area is 288 Å². The zero-order valence-electron chi connectivity index (χ0n) is 27.7. The SMILES string of the molecule is COc1cc(-c2nccc(-c3cccc4c3CC[C@H]4Oc3nc(OC)c(CNCC(C)O)cc3C(F)(F)F)c2Cl)ccc1CNCC(C)O. The number of hydrogen-bond donors (Lipinski definition) is 4. The molecule has 5 rings (SSSR count). The van der Waals surface area contributed by atoms with Gasteiger partial charge in [0.25, 0.3) is 0 Å². The lowest BCUT2D eigenvalue weighted by atomic mass is 9.95. The van der Waals surface area contributed by atoms with Crippen molar-refractivity contribution in [2.45, 2.75) is 64.3 Å². The van der Waals surface area contributed by atoms with Crippen LogP contribution in [0.25, 0.3) is 22.4 Å². The lowest BCUT2D eigenvalue weighted by Gasteiger charge is -2.21. The summed E-state index contributed by atoms with van der Waals surface area (Å²) in [6.07, 6.45) is -3.91. The summed E-state index contributed by atoms with van der Waals surface area (Å²) in [6, 6.07) is 14.1. The molecule has 0 bridgehead atoms. The number of fused-ring (bicyclic) bond motifs is 1. The van der Waals surface area contributed by atoms with Crippen LogP contribution < -0.4 is 24.8 Å². The van der Waals surface area contributed by atoms with Crippen molar-refractivity contribution >= 4 is 11.6 Å². The first-order chi connectivity index (χ1) is 23.4.